The third-order valence-corrected chi connectivity index (χ3v) is 1.95. The largest absolute Gasteiger partial charge is 0.326 e. The smallest absolute Gasteiger partial charge is 0.221 e. The summed E-state index contributed by atoms with van der Waals surface area (Å²) in [5.74, 6) is -0.114. The van der Waals surface area contributed by atoms with Crippen molar-refractivity contribution in [2.75, 3.05) is 5.32 Å². The van der Waals surface area contributed by atoms with Crippen molar-refractivity contribution in [3.8, 4) is 0 Å². The average molecular weight is 199 g/mol. The zero-order valence-corrected chi connectivity index (χ0v) is 8.06. The molecule has 1 rings (SSSR count). The van der Waals surface area contributed by atoms with Crippen LogP contribution >= 0.6 is 11.6 Å². The van der Waals surface area contributed by atoms with Crippen LogP contribution in [0, 0.1) is 0 Å². The zero-order valence-electron chi connectivity index (χ0n) is 7.30. The molecule has 0 aliphatic heterocycles. The minimum absolute atomic E-state index is 0.114. The van der Waals surface area contributed by atoms with Gasteiger partial charge in [-0.15, -0.1) is 0 Å². The van der Waals surface area contributed by atoms with E-state index in [4.69, 9.17) is 17.3 Å². The molecule has 0 unspecified atom stereocenters. The Labute approximate surface area is 81.9 Å². The third kappa shape index (κ3) is 2.72. The van der Waals surface area contributed by atoms with Gasteiger partial charge in [0.15, 0.2) is 0 Å². The molecule has 3 N–H and O–H groups in total. The van der Waals surface area contributed by atoms with Crippen LogP contribution in [0.25, 0.3) is 0 Å². The first-order valence-electron chi connectivity index (χ1n) is 3.89. The second-order valence-corrected chi connectivity index (χ2v) is 3.10. The molecule has 0 heterocycles. The van der Waals surface area contributed by atoms with E-state index >= 15 is 0 Å². The lowest BCUT2D eigenvalue weighted by molar-refractivity contribution is -0.114. The minimum Gasteiger partial charge on any atom is -0.326 e. The van der Waals surface area contributed by atoms with Crippen LogP contribution in [-0.2, 0) is 11.3 Å². The minimum atomic E-state index is -0.114. The van der Waals surface area contributed by atoms with Crippen LogP contribution in [0.15, 0.2) is 18.2 Å². The topological polar surface area (TPSA) is 55.1 Å². The Hall–Kier alpha value is -1.06. The number of anilines is 1. The summed E-state index contributed by atoms with van der Waals surface area (Å²) in [7, 11) is 0. The van der Waals surface area contributed by atoms with Crippen molar-refractivity contribution in [1.82, 2.24) is 0 Å². The molecule has 0 aromatic heterocycles. The molecule has 4 heteroatoms. The molecular formula is C9H11ClN2O. The summed E-state index contributed by atoms with van der Waals surface area (Å²) < 4.78 is 0. The summed E-state index contributed by atoms with van der Waals surface area (Å²) in [4.78, 5) is 10.7. The van der Waals surface area contributed by atoms with E-state index in [2.05, 4.69) is 5.32 Å². The van der Waals surface area contributed by atoms with E-state index < -0.39 is 0 Å². The molecule has 0 aliphatic carbocycles. The summed E-state index contributed by atoms with van der Waals surface area (Å²) in [6.07, 6.45) is 0. The highest BCUT2D eigenvalue weighted by Gasteiger charge is 2.00. The first kappa shape index (κ1) is 10.0. The van der Waals surface area contributed by atoms with Gasteiger partial charge in [-0.05, 0) is 17.7 Å². The number of carbonyl (C=O) groups excluding carboxylic acids is 1. The fourth-order valence-electron chi connectivity index (χ4n) is 0.994. The van der Waals surface area contributed by atoms with Gasteiger partial charge in [-0.3, -0.25) is 4.79 Å². The molecule has 13 heavy (non-hydrogen) atoms. The number of hydrogen-bond acceptors (Lipinski definition) is 2. The summed E-state index contributed by atoms with van der Waals surface area (Å²) in [5, 5.41) is 3.21. The van der Waals surface area contributed by atoms with E-state index in [1.807, 2.05) is 0 Å². The number of nitrogens with two attached hydrogens (primary N) is 1. The molecule has 0 radical (unpaired) electrons. The molecule has 0 saturated heterocycles. The highest BCUT2D eigenvalue weighted by Crippen LogP contribution is 2.20. The molecule has 70 valence electrons. The summed E-state index contributed by atoms with van der Waals surface area (Å²) in [5.41, 5.74) is 6.99. The molecule has 0 atom stereocenters. The van der Waals surface area contributed by atoms with Crippen molar-refractivity contribution in [2.24, 2.45) is 5.73 Å². The van der Waals surface area contributed by atoms with Gasteiger partial charge < -0.3 is 11.1 Å². The van der Waals surface area contributed by atoms with Gasteiger partial charge in [0.25, 0.3) is 0 Å². The maximum Gasteiger partial charge on any atom is 0.221 e. The lowest BCUT2D eigenvalue weighted by Gasteiger charge is -2.05. The van der Waals surface area contributed by atoms with Gasteiger partial charge in [0.1, 0.15) is 0 Å². The molecule has 1 aromatic carbocycles. The SMILES string of the molecule is CC(=O)Nc1ccc(CN)c(Cl)c1. The van der Waals surface area contributed by atoms with Crippen LogP contribution in [0.4, 0.5) is 5.69 Å². The number of hydrogen-bond donors (Lipinski definition) is 2. The Morgan fingerprint density at radius 3 is 2.77 bits per heavy atom. The van der Waals surface area contributed by atoms with E-state index in [0.29, 0.717) is 17.3 Å². The van der Waals surface area contributed by atoms with Crippen molar-refractivity contribution < 1.29 is 4.79 Å². The normalized spacial score (nSPS) is 9.77. The Kier molecular flexibility index (Phi) is 3.28. The van der Waals surface area contributed by atoms with E-state index in [1.54, 1.807) is 18.2 Å². The predicted molar refractivity (Wildman–Crippen MR) is 53.6 cm³/mol. The number of benzene rings is 1. The first-order valence-corrected chi connectivity index (χ1v) is 4.27. The third-order valence-electron chi connectivity index (χ3n) is 1.59. The van der Waals surface area contributed by atoms with Crippen molar-refractivity contribution in [2.45, 2.75) is 13.5 Å². The van der Waals surface area contributed by atoms with Crippen LogP contribution in [-0.4, -0.2) is 5.91 Å². The van der Waals surface area contributed by atoms with Crippen LogP contribution in [0.5, 0.6) is 0 Å². The monoisotopic (exact) mass is 198 g/mol. The van der Waals surface area contributed by atoms with Crippen LogP contribution < -0.4 is 11.1 Å². The fourth-order valence-corrected chi connectivity index (χ4v) is 1.25. The number of carbonyl (C=O) groups is 1. The first-order chi connectivity index (χ1) is 6.13. The van der Waals surface area contributed by atoms with Gasteiger partial charge in [-0.25, -0.2) is 0 Å². The predicted octanol–water partition coefficient (Wildman–Crippen LogP) is 1.76. The Bertz CT molecular complexity index is 325. The van der Waals surface area contributed by atoms with Crippen LogP contribution in [0.2, 0.25) is 5.02 Å². The molecule has 1 aromatic rings. The van der Waals surface area contributed by atoms with E-state index in [1.165, 1.54) is 6.92 Å². The molecule has 0 fully saturated rings. The molecule has 3 nitrogen and oxygen atoms in total. The molecule has 0 saturated carbocycles. The summed E-state index contributed by atoms with van der Waals surface area (Å²) in [6, 6.07) is 5.26. The van der Waals surface area contributed by atoms with Crippen LogP contribution in [0.1, 0.15) is 12.5 Å². The Morgan fingerprint density at radius 2 is 2.31 bits per heavy atom. The Morgan fingerprint density at radius 1 is 1.62 bits per heavy atom. The number of halogens is 1. The lowest BCUT2D eigenvalue weighted by atomic mass is 10.2. The van der Waals surface area contributed by atoms with Crippen molar-refractivity contribution in [1.29, 1.82) is 0 Å². The van der Waals surface area contributed by atoms with E-state index in [9.17, 15) is 4.79 Å². The molecule has 0 spiro atoms. The highest BCUT2D eigenvalue weighted by atomic mass is 35.5. The quantitative estimate of drug-likeness (QED) is 0.761. The molecular weight excluding hydrogens is 188 g/mol. The Balaban J connectivity index is 2.89. The van der Waals surface area contributed by atoms with Gasteiger partial charge in [0.2, 0.25) is 5.91 Å². The van der Waals surface area contributed by atoms with Gasteiger partial charge in [-0.1, -0.05) is 17.7 Å². The highest BCUT2D eigenvalue weighted by molar-refractivity contribution is 6.31. The maximum atomic E-state index is 10.7. The van der Waals surface area contributed by atoms with Crippen molar-refractivity contribution in [3.63, 3.8) is 0 Å². The van der Waals surface area contributed by atoms with Crippen molar-refractivity contribution in [3.05, 3.63) is 28.8 Å². The molecule has 0 bridgehead atoms. The summed E-state index contributed by atoms with van der Waals surface area (Å²) >= 11 is 5.88. The van der Waals surface area contributed by atoms with Gasteiger partial charge in [0, 0.05) is 24.2 Å². The maximum absolute atomic E-state index is 10.7. The number of nitrogens with one attached hydrogen (secondary N) is 1. The van der Waals surface area contributed by atoms with E-state index in [0.717, 1.165) is 5.56 Å². The molecule has 1 amide bonds. The average Bonchev–Trinajstić information content (AvgIpc) is 2.03. The molecule has 0 aliphatic rings. The van der Waals surface area contributed by atoms with Crippen LogP contribution in [0.3, 0.4) is 0 Å². The lowest BCUT2D eigenvalue weighted by Crippen LogP contribution is -2.06. The fraction of sp³-hybridized carbons (Fsp3) is 0.222. The standard InChI is InChI=1S/C9H11ClN2O/c1-6(13)12-8-3-2-7(5-11)9(10)4-8/h2-4H,5,11H2,1H3,(H,12,13). The van der Waals surface area contributed by atoms with E-state index in [-0.39, 0.29) is 5.91 Å². The number of rotatable bonds is 2. The van der Waals surface area contributed by atoms with Gasteiger partial charge in [-0.2, -0.15) is 0 Å². The second-order valence-electron chi connectivity index (χ2n) is 2.69. The van der Waals surface area contributed by atoms with Gasteiger partial charge >= 0.3 is 0 Å². The number of amides is 1. The van der Waals surface area contributed by atoms with Crippen molar-refractivity contribution >= 4 is 23.2 Å². The zero-order chi connectivity index (χ0) is 9.84. The summed E-state index contributed by atoms with van der Waals surface area (Å²) in [6.45, 7) is 1.85. The second kappa shape index (κ2) is 4.25. The van der Waals surface area contributed by atoms with Gasteiger partial charge in [0.05, 0.1) is 0 Å².